The first-order valence-electron chi connectivity index (χ1n) is 8.01. The van der Waals surface area contributed by atoms with Crippen molar-refractivity contribution in [1.82, 2.24) is 19.7 Å². The van der Waals surface area contributed by atoms with Gasteiger partial charge in [-0.15, -0.1) is 10.2 Å². The summed E-state index contributed by atoms with van der Waals surface area (Å²) in [5.41, 5.74) is 0.959. The number of ether oxygens (including phenoxy) is 1. The van der Waals surface area contributed by atoms with Crippen LogP contribution in [0.5, 0.6) is 5.75 Å². The minimum Gasteiger partial charge on any atom is -0.497 e. The molecule has 0 fully saturated rings. The highest BCUT2D eigenvalue weighted by Crippen LogP contribution is 2.27. The topological polar surface area (TPSA) is 60.3 Å². The molecule has 2 rings (SSSR count). The Bertz CT molecular complexity index is 680. The number of methoxy groups -OCH3 is 1. The zero-order valence-electron chi connectivity index (χ0n) is 14.8. The molecule has 0 saturated carbocycles. The second kappa shape index (κ2) is 8.19. The van der Waals surface area contributed by atoms with Crippen LogP contribution in [0.4, 0.5) is 0 Å². The molecule has 6 nitrogen and oxygen atoms in total. The predicted molar refractivity (Wildman–Crippen MR) is 96.2 cm³/mol. The van der Waals surface area contributed by atoms with Gasteiger partial charge in [-0.3, -0.25) is 4.79 Å². The molecule has 1 aromatic carbocycles. The molecule has 0 saturated heterocycles. The molecular weight excluding hydrogens is 324 g/mol. The van der Waals surface area contributed by atoms with Crippen LogP contribution in [0.25, 0.3) is 11.4 Å². The van der Waals surface area contributed by atoms with Gasteiger partial charge in [0, 0.05) is 25.7 Å². The lowest BCUT2D eigenvalue weighted by molar-refractivity contribution is -0.129. The van der Waals surface area contributed by atoms with Crippen molar-refractivity contribution in [3.05, 3.63) is 24.3 Å². The summed E-state index contributed by atoms with van der Waals surface area (Å²) in [5, 5.41) is 9.04. The molecule has 0 radical (unpaired) electrons. The Morgan fingerprint density at radius 2 is 1.88 bits per heavy atom. The SMILES string of the molecule is CCN(CC)C(=O)C(C)Sc1nnc(-c2ccc(OC)cc2)n1C. The van der Waals surface area contributed by atoms with Crippen molar-refractivity contribution in [2.45, 2.75) is 31.2 Å². The van der Waals surface area contributed by atoms with Gasteiger partial charge >= 0.3 is 0 Å². The van der Waals surface area contributed by atoms with Crippen LogP contribution in [0.2, 0.25) is 0 Å². The molecule has 1 atom stereocenters. The first-order valence-corrected chi connectivity index (χ1v) is 8.89. The third kappa shape index (κ3) is 3.90. The standard InChI is InChI=1S/C17H24N4O2S/c1-6-21(7-2)16(22)12(3)24-17-19-18-15(20(17)4)13-8-10-14(23-5)11-9-13/h8-12H,6-7H2,1-5H3. The van der Waals surface area contributed by atoms with Gasteiger partial charge in [-0.05, 0) is 45.0 Å². The van der Waals surface area contributed by atoms with Crippen LogP contribution in [0.3, 0.4) is 0 Å². The van der Waals surface area contributed by atoms with Crippen LogP contribution in [-0.4, -0.2) is 51.0 Å². The predicted octanol–water partition coefficient (Wildman–Crippen LogP) is 2.84. The maximum absolute atomic E-state index is 12.4. The van der Waals surface area contributed by atoms with Gasteiger partial charge in [-0.25, -0.2) is 0 Å². The maximum atomic E-state index is 12.4. The number of carbonyl (C=O) groups is 1. The van der Waals surface area contributed by atoms with E-state index in [-0.39, 0.29) is 11.2 Å². The smallest absolute Gasteiger partial charge is 0.235 e. The Labute approximate surface area is 147 Å². The molecule has 1 aromatic heterocycles. The van der Waals surface area contributed by atoms with Gasteiger partial charge in [0.25, 0.3) is 0 Å². The lowest BCUT2D eigenvalue weighted by Gasteiger charge is -2.22. The summed E-state index contributed by atoms with van der Waals surface area (Å²) in [5.74, 6) is 1.69. The summed E-state index contributed by atoms with van der Waals surface area (Å²) in [6.45, 7) is 7.32. The summed E-state index contributed by atoms with van der Waals surface area (Å²) in [6, 6.07) is 7.68. The van der Waals surface area contributed by atoms with Crippen molar-refractivity contribution in [2.75, 3.05) is 20.2 Å². The molecule has 0 aliphatic heterocycles. The normalized spacial score (nSPS) is 12.0. The molecule has 0 aliphatic carbocycles. The van der Waals surface area contributed by atoms with Gasteiger partial charge in [0.2, 0.25) is 5.91 Å². The van der Waals surface area contributed by atoms with E-state index in [0.29, 0.717) is 0 Å². The largest absolute Gasteiger partial charge is 0.497 e. The van der Waals surface area contributed by atoms with Crippen molar-refractivity contribution in [1.29, 1.82) is 0 Å². The van der Waals surface area contributed by atoms with E-state index >= 15 is 0 Å². The second-order valence-corrected chi connectivity index (χ2v) is 6.67. The number of benzene rings is 1. The molecule has 0 N–H and O–H groups in total. The van der Waals surface area contributed by atoms with Crippen LogP contribution in [0.1, 0.15) is 20.8 Å². The first kappa shape index (κ1) is 18.3. The molecule has 2 aromatic rings. The Balaban J connectivity index is 2.15. The van der Waals surface area contributed by atoms with E-state index in [2.05, 4.69) is 10.2 Å². The molecule has 24 heavy (non-hydrogen) atoms. The zero-order chi connectivity index (χ0) is 17.7. The number of nitrogens with zero attached hydrogens (tertiary/aromatic N) is 4. The summed E-state index contributed by atoms with van der Waals surface area (Å²) in [4.78, 5) is 14.2. The average molecular weight is 348 g/mol. The summed E-state index contributed by atoms with van der Waals surface area (Å²) >= 11 is 1.43. The molecule has 0 aliphatic rings. The van der Waals surface area contributed by atoms with Gasteiger partial charge in [-0.2, -0.15) is 0 Å². The van der Waals surface area contributed by atoms with Crippen molar-refractivity contribution >= 4 is 17.7 Å². The lowest BCUT2D eigenvalue weighted by atomic mass is 10.2. The van der Waals surface area contributed by atoms with Crippen LogP contribution in [0.15, 0.2) is 29.4 Å². The first-order chi connectivity index (χ1) is 11.5. The number of amides is 1. The van der Waals surface area contributed by atoms with Crippen molar-refractivity contribution in [3.63, 3.8) is 0 Å². The summed E-state index contributed by atoms with van der Waals surface area (Å²) < 4.78 is 7.09. The molecule has 1 unspecified atom stereocenters. The molecule has 0 spiro atoms. The highest BCUT2D eigenvalue weighted by molar-refractivity contribution is 8.00. The number of rotatable bonds is 7. The fourth-order valence-electron chi connectivity index (χ4n) is 2.41. The summed E-state index contributed by atoms with van der Waals surface area (Å²) in [6.07, 6.45) is 0. The highest BCUT2D eigenvalue weighted by Gasteiger charge is 2.22. The van der Waals surface area contributed by atoms with E-state index in [0.717, 1.165) is 35.4 Å². The zero-order valence-corrected chi connectivity index (χ0v) is 15.6. The van der Waals surface area contributed by atoms with Gasteiger partial charge in [0.15, 0.2) is 11.0 Å². The van der Waals surface area contributed by atoms with Gasteiger partial charge in [-0.1, -0.05) is 11.8 Å². The van der Waals surface area contributed by atoms with Crippen molar-refractivity contribution in [2.24, 2.45) is 7.05 Å². The van der Waals surface area contributed by atoms with Crippen molar-refractivity contribution < 1.29 is 9.53 Å². The van der Waals surface area contributed by atoms with Gasteiger partial charge < -0.3 is 14.2 Å². The Kier molecular flexibility index (Phi) is 6.25. The van der Waals surface area contributed by atoms with Crippen LogP contribution in [0, 0.1) is 0 Å². The number of thioether (sulfide) groups is 1. The molecule has 0 bridgehead atoms. The van der Waals surface area contributed by atoms with E-state index < -0.39 is 0 Å². The summed E-state index contributed by atoms with van der Waals surface area (Å²) in [7, 11) is 3.55. The molecule has 7 heteroatoms. The average Bonchev–Trinajstić information content (AvgIpc) is 2.96. The number of aromatic nitrogens is 3. The molecule has 130 valence electrons. The monoisotopic (exact) mass is 348 g/mol. The fourth-order valence-corrected chi connectivity index (χ4v) is 3.31. The van der Waals surface area contributed by atoms with E-state index in [4.69, 9.17) is 4.74 Å². The number of hydrogen-bond donors (Lipinski definition) is 0. The Morgan fingerprint density at radius 3 is 2.42 bits per heavy atom. The van der Waals surface area contributed by atoms with E-state index in [1.54, 1.807) is 7.11 Å². The fraction of sp³-hybridized carbons (Fsp3) is 0.471. The third-order valence-corrected chi connectivity index (χ3v) is 5.01. The van der Waals surface area contributed by atoms with Crippen molar-refractivity contribution in [3.8, 4) is 17.1 Å². The Hall–Kier alpha value is -2.02. The van der Waals surface area contributed by atoms with Gasteiger partial charge in [0.1, 0.15) is 5.75 Å². The minimum absolute atomic E-state index is 0.124. The lowest BCUT2D eigenvalue weighted by Crippen LogP contribution is -2.36. The quantitative estimate of drug-likeness (QED) is 0.720. The Morgan fingerprint density at radius 1 is 1.25 bits per heavy atom. The number of hydrogen-bond acceptors (Lipinski definition) is 5. The van der Waals surface area contributed by atoms with Crippen LogP contribution >= 0.6 is 11.8 Å². The highest BCUT2D eigenvalue weighted by atomic mass is 32.2. The van der Waals surface area contributed by atoms with E-state index in [1.807, 2.05) is 61.6 Å². The maximum Gasteiger partial charge on any atom is 0.235 e. The van der Waals surface area contributed by atoms with Crippen LogP contribution in [-0.2, 0) is 11.8 Å². The van der Waals surface area contributed by atoms with E-state index in [1.165, 1.54) is 11.8 Å². The van der Waals surface area contributed by atoms with Gasteiger partial charge in [0.05, 0.1) is 12.4 Å². The minimum atomic E-state index is -0.198. The third-order valence-electron chi connectivity index (χ3n) is 3.89. The molecular formula is C17H24N4O2S. The second-order valence-electron chi connectivity index (χ2n) is 5.36. The molecule has 1 heterocycles. The number of carbonyl (C=O) groups excluding carboxylic acids is 1. The van der Waals surface area contributed by atoms with Crippen LogP contribution < -0.4 is 4.74 Å². The molecule has 1 amide bonds. The van der Waals surface area contributed by atoms with E-state index in [9.17, 15) is 4.79 Å².